The van der Waals surface area contributed by atoms with Gasteiger partial charge in [-0.25, -0.2) is 14.4 Å². The largest absolute Gasteiger partial charge is 0.493 e. The van der Waals surface area contributed by atoms with Crippen LogP contribution in [0.5, 0.6) is 11.5 Å². The van der Waals surface area contributed by atoms with Crippen molar-refractivity contribution in [3.8, 4) is 11.5 Å². The Morgan fingerprint density at radius 3 is 2.42 bits per heavy atom. The molecule has 11 heteroatoms. The van der Waals surface area contributed by atoms with Crippen LogP contribution in [0.1, 0.15) is 36.8 Å². The van der Waals surface area contributed by atoms with E-state index < -0.39 is 23.6 Å². The molecule has 2 heterocycles. The molecule has 1 unspecified atom stereocenters. The van der Waals surface area contributed by atoms with Crippen LogP contribution in [-0.2, 0) is 10.9 Å². The van der Waals surface area contributed by atoms with Gasteiger partial charge in [0.1, 0.15) is 23.6 Å². The summed E-state index contributed by atoms with van der Waals surface area (Å²) in [6.45, 7) is 7.17. The smallest absolute Gasteiger partial charge is 0.419 e. The summed E-state index contributed by atoms with van der Waals surface area (Å²) in [5.74, 6) is 0.393. The van der Waals surface area contributed by atoms with Crippen molar-refractivity contribution in [1.82, 2.24) is 14.9 Å². The molecule has 1 fully saturated rings. The topological polar surface area (TPSA) is 68.7 Å². The molecule has 206 valence electrons. The number of hydrogen-bond acceptors (Lipinski definition) is 7. The molecule has 2 atom stereocenters. The van der Waals surface area contributed by atoms with E-state index in [9.17, 15) is 17.6 Å². The van der Waals surface area contributed by atoms with Crippen LogP contribution in [0.4, 0.5) is 23.4 Å². The number of anilines is 1. The van der Waals surface area contributed by atoms with Gasteiger partial charge in [0.05, 0.1) is 42.9 Å². The van der Waals surface area contributed by atoms with E-state index in [1.807, 2.05) is 21.0 Å². The first-order chi connectivity index (χ1) is 17.8. The predicted octanol–water partition coefficient (Wildman–Crippen LogP) is 5.62. The van der Waals surface area contributed by atoms with Crippen LogP contribution in [0.25, 0.3) is 10.9 Å². The number of alkyl halides is 3. The van der Waals surface area contributed by atoms with Crippen molar-refractivity contribution in [2.75, 3.05) is 46.3 Å². The molecule has 0 aliphatic carbocycles. The summed E-state index contributed by atoms with van der Waals surface area (Å²) in [5, 5.41) is 3.64. The normalized spacial score (nSPS) is 16.7. The maximum atomic E-state index is 14.8. The van der Waals surface area contributed by atoms with Crippen LogP contribution in [0.15, 0.2) is 30.3 Å². The standard InChI is InChI=1S/C27H32F4N4O3/c1-15(18-8-7-9-20(24(18)28)27(29,30)31)32-25-19-10-23(22(36-6)11-21(19)33-17(3)34-25)38-16(2)26(12-35(4)5)13-37-14-26/h7-11,15-16H,12-14H2,1-6H3,(H,32,33,34)/t15-,16?/m1/s1. The van der Waals surface area contributed by atoms with E-state index >= 15 is 0 Å². The fourth-order valence-electron chi connectivity index (χ4n) is 4.76. The van der Waals surface area contributed by atoms with Gasteiger partial charge in [0.25, 0.3) is 0 Å². The lowest BCUT2D eigenvalue weighted by atomic mass is 9.80. The number of aromatic nitrogens is 2. The van der Waals surface area contributed by atoms with Crippen LogP contribution >= 0.6 is 0 Å². The van der Waals surface area contributed by atoms with Crippen molar-refractivity contribution < 1.29 is 31.8 Å². The van der Waals surface area contributed by atoms with Crippen LogP contribution < -0.4 is 14.8 Å². The van der Waals surface area contributed by atoms with Gasteiger partial charge in [-0.05, 0) is 47.0 Å². The van der Waals surface area contributed by atoms with Crippen molar-refractivity contribution in [2.24, 2.45) is 5.41 Å². The predicted molar refractivity (Wildman–Crippen MR) is 136 cm³/mol. The number of rotatable bonds is 9. The number of nitrogens with one attached hydrogen (secondary N) is 1. The Hall–Kier alpha value is -3.18. The summed E-state index contributed by atoms with van der Waals surface area (Å²) in [6, 6.07) is 5.88. The molecular weight excluding hydrogens is 504 g/mol. The zero-order valence-electron chi connectivity index (χ0n) is 22.2. The minimum absolute atomic E-state index is 0.126. The van der Waals surface area contributed by atoms with E-state index in [0.717, 1.165) is 12.6 Å². The number of benzene rings is 2. The average Bonchev–Trinajstić information content (AvgIpc) is 2.80. The van der Waals surface area contributed by atoms with Crippen molar-refractivity contribution in [1.29, 1.82) is 0 Å². The first-order valence-corrected chi connectivity index (χ1v) is 12.2. The number of halogens is 4. The fourth-order valence-corrected chi connectivity index (χ4v) is 4.76. The van der Waals surface area contributed by atoms with Gasteiger partial charge in [-0.2, -0.15) is 13.2 Å². The third-order valence-corrected chi connectivity index (χ3v) is 6.82. The quantitative estimate of drug-likeness (QED) is 0.356. The lowest BCUT2D eigenvalue weighted by Gasteiger charge is -2.46. The first-order valence-electron chi connectivity index (χ1n) is 12.2. The zero-order chi connectivity index (χ0) is 27.8. The average molecular weight is 537 g/mol. The molecule has 38 heavy (non-hydrogen) atoms. The van der Waals surface area contributed by atoms with E-state index in [1.165, 1.54) is 19.2 Å². The zero-order valence-corrected chi connectivity index (χ0v) is 22.2. The van der Waals surface area contributed by atoms with Crippen LogP contribution in [0.3, 0.4) is 0 Å². The summed E-state index contributed by atoms with van der Waals surface area (Å²) in [7, 11) is 5.53. The Balaban J connectivity index is 1.71. The molecule has 0 amide bonds. The summed E-state index contributed by atoms with van der Waals surface area (Å²) in [6.07, 6.45) is -5.02. The minimum Gasteiger partial charge on any atom is -0.493 e. The van der Waals surface area contributed by atoms with Gasteiger partial charge < -0.3 is 24.4 Å². The second kappa shape index (κ2) is 10.5. The summed E-state index contributed by atoms with van der Waals surface area (Å²) in [5.41, 5.74) is -1.08. The molecule has 1 N–H and O–H groups in total. The van der Waals surface area contributed by atoms with Gasteiger partial charge in [-0.15, -0.1) is 0 Å². The van der Waals surface area contributed by atoms with Crippen molar-refractivity contribution >= 4 is 16.7 Å². The SMILES string of the molecule is COc1cc2nc(C)nc(N[C@H](C)c3cccc(C(F)(F)F)c3F)c2cc1OC(C)C1(CN(C)C)COC1. The molecule has 1 aliphatic rings. The maximum Gasteiger partial charge on any atom is 0.419 e. The van der Waals surface area contributed by atoms with E-state index in [1.54, 1.807) is 26.0 Å². The molecule has 2 aromatic carbocycles. The van der Waals surface area contributed by atoms with Crippen LogP contribution in [-0.4, -0.2) is 61.9 Å². The highest BCUT2D eigenvalue weighted by atomic mass is 19.4. The van der Waals surface area contributed by atoms with E-state index in [2.05, 4.69) is 20.2 Å². The van der Waals surface area contributed by atoms with E-state index in [-0.39, 0.29) is 17.1 Å². The number of fused-ring (bicyclic) bond motifs is 1. The Morgan fingerprint density at radius 2 is 1.84 bits per heavy atom. The Bertz CT molecular complexity index is 1310. The highest BCUT2D eigenvalue weighted by Gasteiger charge is 2.46. The molecule has 0 bridgehead atoms. The molecule has 3 aromatic rings. The lowest BCUT2D eigenvalue weighted by Crippen LogP contribution is -2.57. The van der Waals surface area contributed by atoms with Gasteiger partial charge in [0, 0.05) is 23.6 Å². The molecule has 7 nitrogen and oxygen atoms in total. The van der Waals surface area contributed by atoms with Gasteiger partial charge >= 0.3 is 6.18 Å². The molecule has 1 saturated heterocycles. The summed E-state index contributed by atoms with van der Waals surface area (Å²) in [4.78, 5) is 11.0. The molecule has 0 spiro atoms. The number of nitrogens with zero attached hydrogens (tertiary/aromatic N) is 3. The number of hydrogen-bond donors (Lipinski definition) is 1. The maximum absolute atomic E-state index is 14.8. The van der Waals surface area contributed by atoms with Crippen molar-refractivity contribution in [2.45, 2.75) is 39.1 Å². The monoisotopic (exact) mass is 536 g/mol. The summed E-state index contributed by atoms with van der Waals surface area (Å²) < 4.78 is 72.1. The van der Waals surface area contributed by atoms with Crippen LogP contribution in [0.2, 0.25) is 0 Å². The first kappa shape index (κ1) is 27.8. The van der Waals surface area contributed by atoms with Gasteiger partial charge in [0.2, 0.25) is 0 Å². The van der Waals surface area contributed by atoms with E-state index in [4.69, 9.17) is 14.2 Å². The third kappa shape index (κ3) is 5.49. The summed E-state index contributed by atoms with van der Waals surface area (Å²) >= 11 is 0. The third-order valence-electron chi connectivity index (χ3n) is 6.82. The molecule has 1 aromatic heterocycles. The van der Waals surface area contributed by atoms with E-state index in [0.29, 0.717) is 47.3 Å². The minimum atomic E-state index is -4.80. The van der Waals surface area contributed by atoms with Crippen molar-refractivity contribution in [3.05, 3.63) is 53.1 Å². The highest BCUT2D eigenvalue weighted by Crippen LogP contribution is 2.40. The molecule has 1 aliphatic heterocycles. The number of ether oxygens (including phenoxy) is 3. The molecular formula is C27H32F4N4O3. The van der Waals surface area contributed by atoms with Crippen molar-refractivity contribution in [3.63, 3.8) is 0 Å². The highest BCUT2D eigenvalue weighted by molar-refractivity contribution is 5.92. The van der Waals surface area contributed by atoms with Gasteiger partial charge in [-0.1, -0.05) is 12.1 Å². The molecule has 0 radical (unpaired) electrons. The van der Waals surface area contributed by atoms with Gasteiger partial charge in [0.15, 0.2) is 11.5 Å². The number of methoxy groups -OCH3 is 1. The Labute approximate surface area is 219 Å². The second-order valence-corrected chi connectivity index (χ2v) is 10.1. The molecule has 0 saturated carbocycles. The Morgan fingerprint density at radius 1 is 1.13 bits per heavy atom. The molecule has 4 rings (SSSR count). The van der Waals surface area contributed by atoms with Crippen LogP contribution in [0, 0.1) is 18.2 Å². The second-order valence-electron chi connectivity index (χ2n) is 10.1. The number of aryl methyl sites for hydroxylation is 1. The fraction of sp³-hybridized carbons (Fsp3) is 0.481. The lowest BCUT2D eigenvalue weighted by molar-refractivity contribution is -0.167. The Kier molecular flexibility index (Phi) is 7.72. The van der Waals surface area contributed by atoms with Gasteiger partial charge in [-0.3, -0.25) is 0 Å².